The number of hydrogen-bond donors (Lipinski definition) is 0. The van der Waals surface area contributed by atoms with E-state index in [1.807, 2.05) is 12.1 Å². The average Bonchev–Trinajstić information content (AvgIpc) is 2.81. The first-order chi connectivity index (χ1) is 7.75. The monoisotopic (exact) mass is 237 g/mol. The Kier molecular flexibility index (Phi) is 3.59. The van der Waals surface area contributed by atoms with Crippen molar-refractivity contribution < 1.29 is 9.53 Å². The third-order valence-corrected chi connectivity index (χ3v) is 2.60. The van der Waals surface area contributed by atoms with Crippen LogP contribution in [0.5, 0.6) is 0 Å². The van der Waals surface area contributed by atoms with E-state index in [1.165, 1.54) is 0 Å². The number of nitrogens with zero attached hydrogens (tertiary/aromatic N) is 1. The third kappa shape index (κ3) is 2.84. The summed E-state index contributed by atoms with van der Waals surface area (Å²) < 4.78 is 5.10. The molecule has 0 radical (unpaired) electrons. The van der Waals surface area contributed by atoms with E-state index < -0.39 is 0 Å². The highest BCUT2D eigenvalue weighted by Crippen LogP contribution is 2.11. The Labute approximate surface area is 99.3 Å². The normalized spacial score (nSPS) is 15.9. The van der Waals surface area contributed by atoms with E-state index in [-0.39, 0.29) is 5.91 Å². The SMILES string of the molecule is O=C(/C=C/c1ccc(Cl)cc1)N1CCOC1. The van der Waals surface area contributed by atoms with Gasteiger partial charge in [0, 0.05) is 17.6 Å². The van der Waals surface area contributed by atoms with Crippen molar-refractivity contribution in [2.24, 2.45) is 0 Å². The first-order valence-corrected chi connectivity index (χ1v) is 5.44. The van der Waals surface area contributed by atoms with Crippen molar-refractivity contribution in [1.29, 1.82) is 0 Å². The quantitative estimate of drug-likeness (QED) is 0.738. The summed E-state index contributed by atoms with van der Waals surface area (Å²) >= 11 is 5.76. The van der Waals surface area contributed by atoms with Crippen LogP contribution in [0.15, 0.2) is 30.3 Å². The van der Waals surface area contributed by atoms with E-state index in [2.05, 4.69) is 0 Å². The molecule has 1 aromatic rings. The molecule has 0 spiro atoms. The maximum atomic E-state index is 11.6. The molecule has 0 bridgehead atoms. The Hall–Kier alpha value is -1.32. The van der Waals surface area contributed by atoms with Gasteiger partial charge < -0.3 is 9.64 Å². The van der Waals surface area contributed by atoms with Gasteiger partial charge in [0.2, 0.25) is 5.91 Å². The lowest BCUT2D eigenvalue weighted by Crippen LogP contribution is -2.26. The molecule has 0 saturated carbocycles. The molecule has 0 aromatic heterocycles. The number of ether oxygens (including phenoxy) is 1. The second-order valence-corrected chi connectivity index (χ2v) is 3.96. The Bertz CT molecular complexity index is 394. The lowest BCUT2D eigenvalue weighted by atomic mass is 10.2. The van der Waals surface area contributed by atoms with E-state index in [4.69, 9.17) is 16.3 Å². The topological polar surface area (TPSA) is 29.5 Å². The van der Waals surface area contributed by atoms with Crippen LogP contribution in [-0.2, 0) is 9.53 Å². The molecule has 0 unspecified atom stereocenters. The number of hydrogen-bond acceptors (Lipinski definition) is 2. The lowest BCUT2D eigenvalue weighted by Gasteiger charge is -2.09. The zero-order valence-electron chi connectivity index (χ0n) is 8.73. The van der Waals surface area contributed by atoms with Crippen LogP contribution in [0.2, 0.25) is 5.02 Å². The second-order valence-electron chi connectivity index (χ2n) is 3.52. The highest BCUT2D eigenvalue weighted by Gasteiger charge is 2.15. The molecule has 1 fully saturated rings. The number of rotatable bonds is 2. The molecule has 16 heavy (non-hydrogen) atoms. The standard InChI is InChI=1S/C12H12ClNO2/c13-11-4-1-10(2-5-11)3-6-12(15)14-7-8-16-9-14/h1-6H,7-9H2/b6-3+. The van der Waals surface area contributed by atoms with E-state index in [9.17, 15) is 4.79 Å². The summed E-state index contributed by atoms with van der Waals surface area (Å²) in [5.41, 5.74) is 0.956. The minimum atomic E-state index is -0.0209. The number of benzene rings is 1. The van der Waals surface area contributed by atoms with Gasteiger partial charge in [0.1, 0.15) is 6.73 Å². The van der Waals surface area contributed by atoms with E-state index in [0.29, 0.717) is 24.9 Å². The highest BCUT2D eigenvalue weighted by molar-refractivity contribution is 6.30. The van der Waals surface area contributed by atoms with Crippen molar-refractivity contribution in [2.75, 3.05) is 19.9 Å². The minimum absolute atomic E-state index is 0.0209. The van der Waals surface area contributed by atoms with Crippen molar-refractivity contribution in [3.8, 4) is 0 Å². The Morgan fingerprint density at radius 2 is 2.12 bits per heavy atom. The summed E-state index contributed by atoms with van der Waals surface area (Å²) in [6.45, 7) is 1.69. The van der Waals surface area contributed by atoms with E-state index in [0.717, 1.165) is 5.56 Å². The molecule has 3 nitrogen and oxygen atoms in total. The lowest BCUT2D eigenvalue weighted by molar-refractivity contribution is -0.126. The first kappa shape index (κ1) is 11.2. The van der Waals surface area contributed by atoms with Gasteiger partial charge in [-0.25, -0.2) is 0 Å². The fourth-order valence-corrected chi connectivity index (χ4v) is 1.56. The number of amides is 1. The molecular formula is C12H12ClNO2. The summed E-state index contributed by atoms with van der Waals surface area (Å²) in [6, 6.07) is 7.33. The van der Waals surface area contributed by atoms with Crippen LogP contribution in [0.3, 0.4) is 0 Å². The van der Waals surface area contributed by atoms with Gasteiger partial charge in [-0.2, -0.15) is 0 Å². The van der Waals surface area contributed by atoms with E-state index in [1.54, 1.807) is 29.2 Å². The summed E-state index contributed by atoms with van der Waals surface area (Å²) in [7, 11) is 0. The zero-order chi connectivity index (χ0) is 11.4. The van der Waals surface area contributed by atoms with Crippen LogP contribution in [0.1, 0.15) is 5.56 Å². The summed E-state index contributed by atoms with van der Waals surface area (Å²) in [5, 5.41) is 0.691. The molecule has 1 aromatic carbocycles. The average molecular weight is 238 g/mol. The van der Waals surface area contributed by atoms with Crippen LogP contribution in [0.25, 0.3) is 6.08 Å². The Morgan fingerprint density at radius 1 is 1.38 bits per heavy atom. The van der Waals surface area contributed by atoms with Crippen LogP contribution < -0.4 is 0 Å². The van der Waals surface area contributed by atoms with Crippen molar-refractivity contribution >= 4 is 23.6 Å². The molecule has 0 atom stereocenters. The van der Waals surface area contributed by atoms with Crippen molar-refractivity contribution in [2.45, 2.75) is 0 Å². The van der Waals surface area contributed by atoms with Crippen molar-refractivity contribution in [3.05, 3.63) is 40.9 Å². The molecule has 1 amide bonds. The molecule has 1 aliphatic rings. The van der Waals surface area contributed by atoms with Gasteiger partial charge in [0.15, 0.2) is 0 Å². The van der Waals surface area contributed by atoms with Crippen LogP contribution in [-0.4, -0.2) is 30.7 Å². The predicted molar refractivity (Wildman–Crippen MR) is 63.0 cm³/mol. The molecule has 84 valence electrons. The van der Waals surface area contributed by atoms with Gasteiger partial charge >= 0.3 is 0 Å². The van der Waals surface area contributed by atoms with Crippen LogP contribution >= 0.6 is 11.6 Å². The van der Waals surface area contributed by atoms with Gasteiger partial charge in [0.25, 0.3) is 0 Å². The molecule has 1 aliphatic heterocycles. The smallest absolute Gasteiger partial charge is 0.248 e. The fraction of sp³-hybridized carbons (Fsp3) is 0.250. The molecule has 2 rings (SSSR count). The third-order valence-electron chi connectivity index (χ3n) is 2.35. The molecule has 1 saturated heterocycles. The molecule has 0 N–H and O–H groups in total. The van der Waals surface area contributed by atoms with Gasteiger partial charge in [-0.05, 0) is 23.8 Å². The zero-order valence-corrected chi connectivity index (χ0v) is 9.48. The largest absolute Gasteiger partial charge is 0.359 e. The van der Waals surface area contributed by atoms with Gasteiger partial charge in [-0.3, -0.25) is 4.79 Å². The molecular weight excluding hydrogens is 226 g/mol. The van der Waals surface area contributed by atoms with Gasteiger partial charge in [0.05, 0.1) is 6.61 Å². The first-order valence-electron chi connectivity index (χ1n) is 5.06. The van der Waals surface area contributed by atoms with Gasteiger partial charge in [-0.1, -0.05) is 23.7 Å². The van der Waals surface area contributed by atoms with Gasteiger partial charge in [-0.15, -0.1) is 0 Å². The predicted octanol–water partition coefficient (Wildman–Crippen LogP) is 2.17. The number of carbonyl (C=O) groups is 1. The maximum absolute atomic E-state index is 11.6. The fourth-order valence-electron chi connectivity index (χ4n) is 1.43. The minimum Gasteiger partial charge on any atom is -0.359 e. The maximum Gasteiger partial charge on any atom is 0.248 e. The van der Waals surface area contributed by atoms with Crippen LogP contribution in [0.4, 0.5) is 0 Å². The molecule has 0 aliphatic carbocycles. The number of halogens is 1. The highest BCUT2D eigenvalue weighted by atomic mass is 35.5. The second kappa shape index (κ2) is 5.14. The Morgan fingerprint density at radius 3 is 2.75 bits per heavy atom. The van der Waals surface area contributed by atoms with Crippen LogP contribution in [0, 0.1) is 0 Å². The number of carbonyl (C=O) groups excluding carboxylic acids is 1. The molecule has 4 heteroatoms. The Balaban J connectivity index is 1.97. The van der Waals surface area contributed by atoms with E-state index >= 15 is 0 Å². The van der Waals surface area contributed by atoms with Crippen molar-refractivity contribution in [3.63, 3.8) is 0 Å². The van der Waals surface area contributed by atoms with Crippen molar-refractivity contribution in [1.82, 2.24) is 4.90 Å². The summed E-state index contributed by atoms with van der Waals surface area (Å²) in [6.07, 6.45) is 3.33. The summed E-state index contributed by atoms with van der Waals surface area (Å²) in [5.74, 6) is -0.0209. The summed E-state index contributed by atoms with van der Waals surface area (Å²) in [4.78, 5) is 13.3. The molecule has 1 heterocycles.